The maximum atomic E-state index is 12.3. The minimum atomic E-state index is -1.35. The van der Waals surface area contributed by atoms with E-state index in [2.05, 4.69) is 15.0 Å². The van der Waals surface area contributed by atoms with Gasteiger partial charge in [-0.3, -0.25) is 4.57 Å². The first-order chi connectivity index (χ1) is 7.13. The number of hydrogen-bond donors (Lipinski definition) is 2. The number of rotatable bonds is 2. The summed E-state index contributed by atoms with van der Waals surface area (Å²) < 4.78 is 13.4. The van der Waals surface area contributed by atoms with Gasteiger partial charge in [0, 0.05) is 0 Å². The lowest BCUT2D eigenvalue weighted by Crippen LogP contribution is -2.10. The number of hydrogen-bond acceptors (Lipinski definition) is 5. The second-order valence-electron chi connectivity index (χ2n) is 2.83. The second-order valence-corrected chi connectivity index (χ2v) is 3.19. The predicted molar refractivity (Wildman–Crippen MR) is 52.0 cm³/mol. The third-order valence-corrected chi connectivity index (χ3v) is 2.12. The Morgan fingerprint density at radius 3 is 3.00 bits per heavy atom. The lowest BCUT2D eigenvalue weighted by atomic mass is 10.5. The van der Waals surface area contributed by atoms with Crippen molar-refractivity contribution in [2.24, 2.45) is 0 Å². The fraction of sp³-hybridized carbons (Fsp3) is 0.286. The Balaban J connectivity index is 2.68. The lowest BCUT2D eigenvalue weighted by molar-refractivity contribution is 0.0780. The zero-order valence-electron chi connectivity index (χ0n) is 7.43. The zero-order chi connectivity index (χ0) is 11.0. The Morgan fingerprint density at radius 1 is 1.60 bits per heavy atom. The van der Waals surface area contributed by atoms with Crippen LogP contribution in [-0.4, -0.2) is 31.3 Å². The van der Waals surface area contributed by atoms with Crippen LogP contribution in [0.25, 0.3) is 11.2 Å². The monoisotopic (exact) mass is 231 g/mol. The largest absolute Gasteiger partial charge is 0.370 e. The highest BCUT2D eigenvalue weighted by atomic mass is 35.5. The van der Waals surface area contributed by atoms with Crippen LogP contribution in [0.1, 0.15) is 6.23 Å². The van der Waals surface area contributed by atoms with Gasteiger partial charge in [0.2, 0.25) is 5.95 Å². The molecule has 6 nitrogen and oxygen atoms in total. The van der Waals surface area contributed by atoms with Crippen LogP contribution in [0.15, 0.2) is 6.33 Å². The number of aliphatic hydroxyl groups excluding tert-OH is 1. The summed E-state index contributed by atoms with van der Waals surface area (Å²) >= 11 is 5.74. The van der Waals surface area contributed by atoms with E-state index in [1.54, 1.807) is 0 Å². The Hall–Kier alpha value is -1.47. The van der Waals surface area contributed by atoms with Gasteiger partial charge in [-0.25, -0.2) is 9.37 Å². The highest BCUT2D eigenvalue weighted by Crippen LogP contribution is 2.21. The second kappa shape index (κ2) is 3.59. The molecule has 3 N–H and O–H groups in total. The van der Waals surface area contributed by atoms with Crippen LogP contribution >= 0.6 is 11.6 Å². The van der Waals surface area contributed by atoms with Crippen LogP contribution in [0.4, 0.5) is 10.3 Å². The molecule has 0 aliphatic carbocycles. The number of aromatic nitrogens is 4. The van der Waals surface area contributed by atoms with Crippen molar-refractivity contribution in [2.45, 2.75) is 6.23 Å². The first-order valence-corrected chi connectivity index (χ1v) is 4.41. The fourth-order valence-electron chi connectivity index (χ4n) is 1.19. The van der Waals surface area contributed by atoms with Crippen LogP contribution in [0.5, 0.6) is 0 Å². The van der Waals surface area contributed by atoms with Crippen molar-refractivity contribution in [1.29, 1.82) is 0 Å². The maximum Gasteiger partial charge on any atom is 0.223 e. The summed E-state index contributed by atoms with van der Waals surface area (Å²) in [7, 11) is 0. The Morgan fingerprint density at radius 2 is 2.33 bits per heavy atom. The highest BCUT2D eigenvalue weighted by Gasteiger charge is 2.15. The minimum Gasteiger partial charge on any atom is -0.370 e. The van der Waals surface area contributed by atoms with E-state index in [9.17, 15) is 9.50 Å². The van der Waals surface area contributed by atoms with Gasteiger partial charge in [-0.05, 0) is 0 Å². The predicted octanol–water partition coefficient (Wildman–Crippen LogP) is 0.522. The third kappa shape index (κ3) is 1.59. The molecule has 0 unspecified atom stereocenters. The number of imidazole rings is 1. The van der Waals surface area contributed by atoms with Gasteiger partial charge < -0.3 is 10.8 Å². The van der Waals surface area contributed by atoms with Crippen LogP contribution < -0.4 is 5.73 Å². The van der Waals surface area contributed by atoms with Crippen molar-refractivity contribution in [3.05, 3.63) is 11.5 Å². The number of fused-ring (bicyclic) bond motifs is 1. The summed E-state index contributed by atoms with van der Waals surface area (Å²) in [6.07, 6.45) is -0.116. The minimum absolute atomic E-state index is 0.0553. The van der Waals surface area contributed by atoms with Crippen LogP contribution in [0.3, 0.4) is 0 Å². The maximum absolute atomic E-state index is 12.3. The molecular weight excluding hydrogens is 225 g/mol. The molecule has 0 bridgehead atoms. The van der Waals surface area contributed by atoms with Crippen molar-refractivity contribution < 1.29 is 9.50 Å². The number of nitrogen functional groups attached to an aromatic ring is 1. The van der Waals surface area contributed by atoms with Gasteiger partial charge >= 0.3 is 0 Å². The van der Waals surface area contributed by atoms with Gasteiger partial charge in [0.25, 0.3) is 0 Å². The lowest BCUT2D eigenvalue weighted by Gasteiger charge is -2.07. The summed E-state index contributed by atoms with van der Waals surface area (Å²) in [5, 5.41) is 9.37. The number of nitrogens with zero attached hydrogens (tertiary/aromatic N) is 4. The number of alkyl halides is 1. The molecule has 0 aliphatic heterocycles. The van der Waals surface area contributed by atoms with Crippen LogP contribution in [0, 0.1) is 0 Å². The van der Waals surface area contributed by atoms with Crippen molar-refractivity contribution in [2.75, 3.05) is 12.4 Å². The molecule has 15 heavy (non-hydrogen) atoms. The molecule has 0 aliphatic rings. The summed E-state index contributed by atoms with van der Waals surface area (Å²) in [6.45, 7) is -0.951. The van der Waals surface area contributed by atoms with Gasteiger partial charge in [-0.1, -0.05) is 11.6 Å². The van der Waals surface area contributed by atoms with Gasteiger partial charge in [-0.2, -0.15) is 9.97 Å². The van der Waals surface area contributed by atoms with Gasteiger partial charge in [0.05, 0.1) is 6.33 Å². The van der Waals surface area contributed by atoms with E-state index >= 15 is 0 Å². The third-order valence-electron chi connectivity index (χ3n) is 1.86. The van der Waals surface area contributed by atoms with Crippen molar-refractivity contribution in [3.8, 4) is 0 Å². The SMILES string of the molecule is Nc1nc(Cl)c2ncn([C@H](O)CF)c2n1. The number of nitrogens with two attached hydrogens (primary N) is 1. The number of halogens is 2. The first kappa shape index (κ1) is 10.1. The molecule has 2 rings (SSSR count). The molecule has 1 atom stereocenters. The Bertz CT molecular complexity index is 501. The van der Waals surface area contributed by atoms with E-state index in [-0.39, 0.29) is 22.3 Å². The van der Waals surface area contributed by atoms with Gasteiger partial charge in [-0.15, -0.1) is 0 Å². The molecule has 0 saturated heterocycles. The summed E-state index contributed by atoms with van der Waals surface area (Å²) in [6, 6.07) is 0. The normalized spacial score (nSPS) is 13.3. The molecule has 0 aromatic carbocycles. The molecule has 0 radical (unpaired) electrons. The summed E-state index contributed by atoms with van der Waals surface area (Å²) in [5.74, 6) is -0.0553. The smallest absolute Gasteiger partial charge is 0.223 e. The standard InChI is InChI=1S/C7H7ClFN5O/c8-5-4-6(13-7(10)12-5)14(2-11-4)3(15)1-9/h2-3,15H,1H2,(H2,10,12,13)/t3-/m1/s1. The van der Waals surface area contributed by atoms with E-state index in [1.807, 2.05) is 0 Å². The molecule has 2 aromatic heterocycles. The Kier molecular flexibility index (Phi) is 2.41. The molecule has 2 aromatic rings. The fourth-order valence-corrected chi connectivity index (χ4v) is 1.41. The van der Waals surface area contributed by atoms with Crippen molar-refractivity contribution in [1.82, 2.24) is 19.5 Å². The number of aliphatic hydroxyl groups is 1. The highest BCUT2D eigenvalue weighted by molar-refractivity contribution is 6.33. The first-order valence-electron chi connectivity index (χ1n) is 4.03. The molecule has 8 heteroatoms. The van der Waals surface area contributed by atoms with E-state index in [4.69, 9.17) is 17.3 Å². The quantitative estimate of drug-likeness (QED) is 0.736. The van der Waals surface area contributed by atoms with Crippen molar-refractivity contribution in [3.63, 3.8) is 0 Å². The Labute approximate surface area is 88.5 Å². The molecule has 0 fully saturated rings. The van der Waals surface area contributed by atoms with Gasteiger partial charge in [0.1, 0.15) is 12.2 Å². The number of anilines is 1. The molecular formula is C7H7ClFN5O. The van der Waals surface area contributed by atoms with E-state index < -0.39 is 12.9 Å². The summed E-state index contributed by atoms with van der Waals surface area (Å²) in [4.78, 5) is 11.4. The van der Waals surface area contributed by atoms with E-state index in [0.717, 1.165) is 4.57 Å². The molecule has 0 spiro atoms. The topological polar surface area (TPSA) is 89.8 Å². The molecule has 80 valence electrons. The average Bonchev–Trinajstić information content (AvgIpc) is 2.60. The molecule has 0 saturated carbocycles. The van der Waals surface area contributed by atoms with E-state index in [1.165, 1.54) is 6.33 Å². The van der Waals surface area contributed by atoms with Crippen LogP contribution in [0.2, 0.25) is 5.15 Å². The van der Waals surface area contributed by atoms with E-state index in [0.29, 0.717) is 0 Å². The van der Waals surface area contributed by atoms with Crippen LogP contribution in [-0.2, 0) is 0 Å². The molecule has 2 heterocycles. The zero-order valence-corrected chi connectivity index (χ0v) is 8.19. The molecule has 0 amide bonds. The van der Waals surface area contributed by atoms with Crippen molar-refractivity contribution >= 4 is 28.7 Å². The summed E-state index contributed by atoms with van der Waals surface area (Å²) in [5.41, 5.74) is 5.85. The average molecular weight is 232 g/mol. The van der Waals surface area contributed by atoms with Gasteiger partial charge in [0.15, 0.2) is 17.0 Å².